The molecule has 0 radical (unpaired) electrons. The molecular weight excluding hydrogens is 984 g/mol. The van der Waals surface area contributed by atoms with Gasteiger partial charge < -0.3 is 34.8 Å². The zero-order chi connectivity index (χ0) is 49.7. The molecule has 0 spiro atoms. The van der Waals surface area contributed by atoms with Crippen molar-refractivity contribution >= 4 is 78.1 Å². The van der Waals surface area contributed by atoms with Gasteiger partial charge in [0.15, 0.2) is 0 Å². The zero-order valence-electron chi connectivity index (χ0n) is 36.2. The summed E-state index contributed by atoms with van der Waals surface area (Å²) in [5.41, 5.74) is 3.07. The summed E-state index contributed by atoms with van der Waals surface area (Å²) in [6, 6.07) is 22.6. The van der Waals surface area contributed by atoms with Crippen molar-refractivity contribution in [2.75, 3.05) is 38.0 Å². The van der Waals surface area contributed by atoms with Crippen LogP contribution in [-0.2, 0) is 46.2 Å². The number of anilines is 1. The van der Waals surface area contributed by atoms with Gasteiger partial charge in [-0.05, 0) is 65.7 Å². The second-order valence-electron chi connectivity index (χ2n) is 14.6. The first-order chi connectivity index (χ1) is 32.9. The molecule has 0 aliphatic carbocycles. The van der Waals surface area contributed by atoms with Gasteiger partial charge in [-0.15, -0.1) is 10.2 Å². The monoisotopic (exact) mass is 1020 g/mol. The molecule has 6 rings (SSSR count). The number of aromatic carboxylic acids is 1. The van der Waals surface area contributed by atoms with Crippen molar-refractivity contribution in [3.05, 3.63) is 141 Å². The smallest absolute Gasteiger partial charge is 0.335 e. The van der Waals surface area contributed by atoms with Crippen LogP contribution in [-0.4, -0.2) is 94.9 Å². The van der Waals surface area contributed by atoms with Gasteiger partial charge in [0.25, 0.3) is 20.2 Å². The molecule has 0 atom stereocenters. The van der Waals surface area contributed by atoms with Crippen molar-refractivity contribution in [3.8, 4) is 17.2 Å². The van der Waals surface area contributed by atoms with Crippen LogP contribution in [0.1, 0.15) is 50.7 Å². The molecular formula is C44H42Cl2N8O13S2. The number of carboxylic acids is 1. The van der Waals surface area contributed by atoms with E-state index in [-0.39, 0.29) is 101 Å². The summed E-state index contributed by atoms with van der Waals surface area (Å²) in [5.74, 6) is -1.19. The largest absolute Gasteiger partial charge is 0.495 e. The van der Waals surface area contributed by atoms with Gasteiger partial charge in [-0.1, -0.05) is 47.5 Å². The Hall–Kier alpha value is -6.70. The number of rotatable bonds is 23. The Labute approximate surface area is 405 Å². The summed E-state index contributed by atoms with van der Waals surface area (Å²) in [5, 5.41) is 48.4. The number of azo groups is 2. The first kappa shape index (κ1) is 51.7. The average molecular weight is 1030 g/mol. The lowest BCUT2D eigenvalue weighted by molar-refractivity contribution is 0.0696. The number of benzene rings is 5. The van der Waals surface area contributed by atoms with Gasteiger partial charge in [-0.3, -0.25) is 9.11 Å². The molecule has 6 N–H and O–H groups in total. The molecule has 6 aromatic rings. The van der Waals surface area contributed by atoms with Crippen molar-refractivity contribution in [1.29, 1.82) is 0 Å². The maximum Gasteiger partial charge on any atom is 0.335 e. The van der Waals surface area contributed by atoms with Crippen molar-refractivity contribution in [3.63, 3.8) is 0 Å². The fourth-order valence-corrected chi connectivity index (χ4v) is 7.60. The predicted molar refractivity (Wildman–Crippen MR) is 252 cm³/mol. The number of nitrogens with zero attached hydrogens (tertiary/aromatic N) is 7. The molecule has 21 nitrogen and oxygen atoms in total. The topological polar surface area (TPSA) is 314 Å². The Morgan fingerprint density at radius 1 is 0.681 bits per heavy atom. The SMILES string of the molecule is COc1ccc(N=Nc2cc(OCCS(=O)(=O)O)c(Cc3nc(Cc4cc(Cl)c(N=Nc5ccc(CO)cc5)cc4OCCCO)nc(NCc4ccc(C(=O)O)cc4)n3)cc2Cl)cc1S(=O)(=O)O. The molecule has 69 heavy (non-hydrogen) atoms. The second-order valence-corrected chi connectivity index (χ2v) is 18.4. The van der Waals surface area contributed by atoms with Gasteiger partial charge in [0.2, 0.25) is 5.95 Å². The Kier molecular flexibility index (Phi) is 17.6. The standard InChI is InChI=1S/C44H42Cl2N8O13S2/c1-65-37-12-11-32(21-40(37)69(62,63)64)52-54-36-23-39(67-15-16-68(59,60)61)30(18-34(36)46)20-42-48-41(49-44(50-42)47-24-26-3-7-28(8-4-26)43(57)58)19-29-17-33(45)35(22-38(29)66-14-2-13-55)53-51-31-9-5-27(25-56)6-10-31/h3-12,17-18,21-23,55-56H,2,13-16,19-20,24-25H2,1H3,(H,57,58)(H,59,60,61)(H,62,63,64)(H,47,48,49,50). The Morgan fingerprint density at radius 2 is 1.23 bits per heavy atom. The van der Waals surface area contributed by atoms with Gasteiger partial charge >= 0.3 is 5.97 Å². The number of aliphatic hydroxyl groups excluding tert-OH is 2. The van der Waals surface area contributed by atoms with E-state index < -0.39 is 43.5 Å². The lowest BCUT2D eigenvalue weighted by atomic mass is 10.1. The number of halogens is 2. The number of aromatic nitrogens is 3. The van der Waals surface area contributed by atoms with Crippen molar-refractivity contribution in [2.24, 2.45) is 20.5 Å². The molecule has 1 aromatic heterocycles. The number of ether oxygens (including phenoxy) is 3. The van der Waals surface area contributed by atoms with Crippen molar-refractivity contribution in [1.82, 2.24) is 15.0 Å². The minimum absolute atomic E-state index is 0.00713. The van der Waals surface area contributed by atoms with E-state index in [0.717, 1.165) is 6.07 Å². The molecule has 0 aliphatic rings. The normalized spacial score (nSPS) is 11.9. The molecule has 362 valence electrons. The van der Waals surface area contributed by atoms with Crippen LogP contribution in [0.25, 0.3) is 0 Å². The van der Waals surface area contributed by atoms with E-state index in [0.29, 0.717) is 40.1 Å². The molecule has 0 unspecified atom stereocenters. The highest BCUT2D eigenvalue weighted by atomic mass is 35.5. The van der Waals surface area contributed by atoms with E-state index in [4.69, 9.17) is 42.4 Å². The Balaban J connectivity index is 1.38. The maximum absolute atomic E-state index is 12.0. The van der Waals surface area contributed by atoms with Gasteiger partial charge in [-0.25, -0.2) is 9.78 Å². The van der Waals surface area contributed by atoms with Crippen LogP contribution >= 0.6 is 23.2 Å². The molecule has 0 saturated carbocycles. The number of hydrogen-bond donors (Lipinski definition) is 6. The summed E-state index contributed by atoms with van der Waals surface area (Å²) in [6.07, 6.45) is 0.195. The van der Waals surface area contributed by atoms with E-state index in [1.54, 1.807) is 48.5 Å². The number of hydrogen-bond acceptors (Lipinski definition) is 18. The minimum Gasteiger partial charge on any atom is -0.495 e. The van der Waals surface area contributed by atoms with Crippen LogP contribution < -0.4 is 19.5 Å². The number of aliphatic hydroxyl groups is 2. The molecule has 25 heteroatoms. The summed E-state index contributed by atoms with van der Waals surface area (Å²) >= 11 is 13.5. The third-order valence-electron chi connectivity index (χ3n) is 9.59. The van der Waals surface area contributed by atoms with Gasteiger partial charge in [0.05, 0.1) is 47.3 Å². The van der Waals surface area contributed by atoms with E-state index in [2.05, 4.69) is 35.7 Å². The zero-order valence-corrected chi connectivity index (χ0v) is 39.4. The number of carbonyl (C=O) groups is 1. The molecule has 5 aromatic carbocycles. The van der Waals surface area contributed by atoms with Crippen LogP contribution in [0.5, 0.6) is 17.2 Å². The predicted octanol–water partition coefficient (Wildman–Crippen LogP) is 8.28. The fourth-order valence-electron chi connectivity index (χ4n) is 6.18. The highest BCUT2D eigenvalue weighted by Crippen LogP contribution is 2.38. The van der Waals surface area contributed by atoms with Gasteiger partial charge in [0.1, 0.15) is 57.5 Å². The molecule has 0 aliphatic heterocycles. The Bertz CT molecular complexity index is 3090. The van der Waals surface area contributed by atoms with Crippen LogP contribution in [0.15, 0.2) is 116 Å². The molecule has 1 heterocycles. The molecule has 0 fully saturated rings. The van der Waals surface area contributed by atoms with Crippen LogP contribution in [0.4, 0.5) is 28.7 Å². The molecule has 0 saturated heterocycles. The third kappa shape index (κ3) is 15.1. The number of methoxy groups -OCH3 is 1. The van der Waals surface area contributed by atoms with E-state index in [1.165, 1.54) is 43.5 Å². The number of carboxylic acid groups (broad SMARTS) is 1. The van der Waals surface area contributed by atoms with Crippen LogP contribution in [0, 0.1) is 0 Å². The quantitative estimate of drug-likeness (QED) is 0.0200. The lowest BCUT2D eigenvalue weighted by Gasteiger charge is -2.15. The van der Waals surface area contributed by atoms with Crippen LogP contribution in [0.2, 0.25) is 10.0 Å². The first-order valence-electron chi connectivity index (χ1n) is 20.4. The second kappa shape index (κ2) is 23.5. The van der Waals surface area contributed by atoms with E-state index in [9.17, 15) is 46.1 Å². The third-order valence-corrected chi connectivity index (χ3v) is 11.7. The van der Waals surface area contributed by atoms with E-state index >= 15 is 0 Å². The summed E-state index contributed by atoms with van der Waals surface area (Å²) in [6.45, 7) is -0.501. The molecule has 0 bridgehead atoms. The van der Waals surface area contributed by atoms with Gasteiger partial charge in [-0.2, -0.15) is 37.0 Å². The van der Waals surface area contributed by atoms with Crippen molar-refractivity contribution < 1.29 is 60.3 Å². The summed E-state index contributed by atoms with van der Waals surface area (Å²) in [4.78, 5) is 24.9. The van der Waals surface area contributed by atoms with E-state index in [1.807, 2.05) is 0 Å². The van der Waals surface area contributed by atoms with Crippen LogP contribution in [0.3, 0.4) is 0 Å². The average Bonchev–Trinajstić information content (AvgIpc) is 3.31. The highest BCUT2D eigenvalue weighted by molar-refractivity contribution is 7.86. The lowest BCUT2D eigenvalue weighted by Crippen LogP contribution is -2.14. The molecule has 0 amide bonds. The highest BCUT2D eigenvalue weighted by Gasteiger charge is 2.20. The summed E-state index contributed by atoms with van der Waals surface area (Å²) in [7, 11) is -7.95. The minimum atomic E-state index is -4.71. The number of nitrogens with one attached hydrogen (secondary N) is 1. The van der Waals surface area contributed by atoms with Gasteiger partial charge in [0, 0.05) is 55.7 Å². The first-order valence-corrected chi connectivity index (χ1v) is 24.2. The maximum atomic E-state index is 12.0. The Morgan fingerprint density at radius 3 is 1.75 bits per heavy atom. The summed E-state index contributed by atoms with van der Waals surface area (Å²) < 4.78 is 83.3. The fraction of sp³-hybridized carbons (Fsp3) is 0.227. The van der Waals surface area contributed by atoms with Crippen molar-refractivity contribution in [2.45, 2.75) is 37.3 Å².